The van der Waals surface area contributed by atoms with Crippen LogP contribution >= 0.6 is 0 Å². The Labute approximate surface area is 82.1 Å². The monoisotopic (exact) mass is 185 g/mol. The lowest BCUT2D eigenvalue weighted by atomic mass is 10.4. The number of rotatable bonds is 3. The van der Waals surface area contributed by atoms with Gasteiger partial charge in [0.25, 0.3) is 0 Å². The lowest BCUT2D eigenvalue weighted by molar-refractivity contribution is 0.966. The minimum Gasteiger partial charge on any atom is -0.371 e. The molecule has 0 heterocycles. The first kappa shape index (κ1) is 14.7. The van der Waals surface area contributed by atoms with Crippen molar-refractivity contribution >= 4 is 5.84 Å². The third-order valence-corrected chi connectivity index (χ3v) is 1.11. The van der Waals surface area contributed by atoms with Crippen LogP contribution in [0.3, 0.4) is 0 Å². The highest BCUT2D eigenvalue weighted by molar-refractivity contribution is 5.92. The fourth-order valence-corrected chi connectivity index (χ4v) is 0.623. The summed E-state index contributed by atoms with van der Waals surface area (Å²) in [7, 11) is 1.79. The van der Waals surface area contributed by atoms with Crippen molar-refractivity contribution in [2.45, 2.75) is 27.2 Å². The second-order valence-electron chi connectivity index (χ2n) is 2.36. The summed E-state index contributed by atoms with van der Waals surface area (Å²) in [4.78, 5) is 4.03. The van der Waals surface area contributed by atoms with E-state index in [0.717, 1.165) is 25.3 Å². The summed E-state index contributed by atoms with van der Waals surface area (Å²) >= 11 is 0. The zero-order valence-electron chi connectivity index (χ0n) is 9.30. The first-order valence-electron chi connectivity index (χ1n) is 4.83. The van der Waals surface area contributed by atoms with Gasteiger partial charge in [-0.15, -0.1) is 0 Å². The lowest BCUT2D eigenvalue weighted by Gasteiger charge is -1.99. The van der Waals surface area contributed by atoms with Crippen molar-refractivity contribution < 1.29 is 0 Å². The van der Waals surface area contributed by atoms with Gasteiger partial charge in [-0.3, -0.25) is 4.99 Å². The molecule has 0 fully saturated rings. The molecule has 0 unspecified atom stereocenters. The minimum absolute atomic E-state index is 0.750. The second-order valence-corrected chi connectivity index (χ2v) is 2.36. The summed E-state index contributed by atoms with van der Waals surface area (Å²) in [5.41, 5.74) is 4.85. The summed E-state index contributed by atoms with van der Waals surface area (Å²) in [6, 6.07) is 0. The first-order valence-corrected chi connectivity index (χ1v) is 4.83. The number of amidine groups is 1. The fourth-order valence-electron chi connectivity index (χ4n) is 0.623. The maximum Gasteiger partial charge on any atom is 0.120 e. The highest BCUT2D eigenvalue weighted by atomic mass is 15.0. The van der Waals surface area contributed by atoms with Crippen molar-refractivity contribution in [3.63, 3.8) is 0 Å². The van der Waals surface area contributed by atoms with Crippen LogP contribution in [-0.4, -0.2) is 26.0 Å². The molecule has 0 aromatic carbocycles. The topological polar surface area (TPSA) is 50.4 Å². The van der Waals surface area contributed by atoms with Crippen molar-refractivity contribution in [1.82, 2.24) is 5.32 Å². The number of nitrogens with one attached hydrogen (secondary N) is 1. The van der Waals surface area contributed by atoms with Gasteiger partial charge in [0, 0.05) is 13.6 Å². The number of likely N-dealkylation sites (N-methyl/N-ethyl adjacent to an activating group) is 1. The number of hydrogen-bond acceptors (Lipinski definition) is 2. The van der Waals surface area contributed by atoms with Crippen LogP contribution in [0.2, 0.25) is 0 Å². The van der Waals surface area contributed by atoms with E-state index >= 15 is 0 Å². The predicted octanol–water partition coefficient (Wildman–Crippen LogP) is 1.56. The van der Waals surface area contributed by atoms with Gasteiger partial charge in [0.2, 0.25) is 0 Å². The Morgan fingerprint density at radius 3 is 2.23 bits per heavy atom. The summed E-state index contributed by atoms with van der Waals surface area (Å²) in [5.74, 6) is 0.962. The van der Waals surface area contributed by atoms with Gasteiger partial charge in [-0.25, -0.2) is 0 Å². The molecule has 0 aliphatic carbocycles. The van der Waals surface area contributed by atoms with E-state index in [1.807, 2.05) is 13.0 Å². The van der Waals surface area contributed by atoms with Gasteiger partial charge in [0.05, 0.1) is 0 Å². The minimum atomic E-state index is 0.750. The largest absolute Gasteiger partial charge is 0.371 e. The van der Waals surface area contributed by atoms with E-state index in [0.29, 0.717) is 0 Å². The van der Waals surface area contributed by atoms with Crippen molar-refractivity contribution in [3.8, 4) is 0 Å². The maximum atomic E-state index is 4.85. The maximum absolute atomic E-state index is 4.85. The Morgan fingerprint density at radius 1 is 1.38 bits per heavy atom. The standard InChI is InChI=1S/C8H16N2.C2H7N/c1-4-6-7-8(9-3)10-5-2;1-2-3/h6-7H,4-5H2,1-3H3,(H,9,10);2-3H2,1H3/b7-6-;. The fraction of sp³-hybridized carbons (Fsp3) is 0.700. The third kappa shape index (κ3) is 14.1. The highest BCUT2D eigenvalue weighted by Gasteiger charge is 1.84. The molecule has 3 nitrogen and oxygen atoms in total. The molecule has 0 radical (unpaired) electrons. The van der Waals surface area contributed by atoms with Gasteiger partial charge < -0.3 is 11.1 Å². The number of nitrogens with two attached hydrogens (primary N) is 1. The molecule has 3 N–H and O–H groups in total. The second kappa shape index (κ2) is 13.7. The van der Waals surface area contributed by atoms with E-state index in [-0.39, 0.29) is 0 Å². The number of aliphatic imine (C=N–C) groups is 1. The molecule has 13 heavy (non-hydrogen) atoms. The van der Waals surface area contributed by atoms with E-state index in [1.165, 1.54) is 0 Å². The Bertz CT molecular complexity index is 139. The quantitative estimate of drug-likeness (QED) is 0.518. The van der Waals surface area contributed by atoms with Crippen molar-refractivity contribution in [2.75, 3.05) is 20.1 Å². The average molecular weight is 185 g/mol. The van der Waals surface area contributed by atoms with Crippen LogP contribution in [0, 0.1) is 0 Å². The molecule has 0 aromatic rings. The first-order chi connectivity index (χ1) is 6.26. The molecule has 0 aliphatic rings. The molecule has 0 saturated carbocycles. The van der Waals surface area contributed by atoms with E-state index in [2.05, 4.69) is 30.2 Å². The number of nitrogens with zero attached hydrogens (tertiary/aromatic N) is 1. The molecule has 0 atom stereocenters. The highest BCUT2D eigenvalue weighted by Crippen LogP contribution is 1.81. The van der Waals surface area contributed by atoms with Gasteiger partial charge in [0.15, 0.2) is 0 Å². The van der Waals surface area contributed by atoms with Crippen molar-refractivity contribution in [1.29, 1.82) is 0 Å². The summed E-state index contributed by atoms with van der Waals surface area (Å²) in [6.45, 7) is 7.75. The summed E-state index contributed by atoms with van der Waals surface area (Å²) in [6.07, 6.45) is 5.15. The van der Waals surface area contributed by atoms with Gasteiger partial charge in [-0.05, 0) is 26.0 Å². The molecule has 0 amide bonds. The Morgan fingerprint density at radius 2 is 1.92 bits per heavy atom. The van der Waals surface area contributed by atoms with Crippen LogP contribution in [0.15, 0.2) is 17.1 Å². The van der Waals surface area contributed by atoms with Gasteiger partial charge in [0.1, 0.15) is 5.84 Å². The molecule has 0 rings (SSSR count). The Balaban J connectivity index is 0. The van der Waals surface area contributed by atoms with E-state index < -0.39 is 0 Å². The lowest BCUT2D eigenvalue weighted by Crippen LogP contribution is -2.20. The molecule has 0 aromatic heterocycles. The van der Waals surface area contributed by atoms with E-state index in [1.54, 1.807) is 7.05 Å². The average Bonchev–Trinajstić information content (AvgIpc) is 2.13. The summed E-state index contributed by atoms with van der Waals surface area (Å²) in [5, 5.41) is 3.13. The Kier molecular flexibility index (Phi) is 15.5. The van der Waals surface area contributed by atoms with E-state index in [9.17, 15) is 0 Å². The van der Waals surface area contributed by atoms with Crippen LogP contribution in [0.1, 0.15) is 27.2 Å². The van der Waals surface area contributed by atoms with Gasteiger partial charge >= 0.3 is 0 Å². The number of allylic oxidation sites excluding steroid dienone is 1. The zero-order valence-corrected chi connectivity index (χ0v) is 9.30. The normalized spacial score (nSPS) is 11.0. The summed E-state index contributed by atoms with van der Waals surface area (Å²) < 4.78 is 0. The predicted molar refractivity (Wildman–Crippen MR) is 61.2 cm³/mol. The van der Waals surface area contributed by atoms with Crippen molar-refractivity contribution in [3.05, 3.63) is 12.2 Å². The van der Waals surface area contributed by atoms with Crippen LogP contribution in [0.25, 0.3) is 0 Å². The smallest absolute Gasteiger partial charge is 0.120 e. The molecular formula is C10H23N3. The van der Waals surface area contributed by atoms with Gasteiger partial charge in [-0.1, -0.05) is 19.9 Å². The SMILES string of the molecule is CC/C=C\C(=NC)NCC.CCN. The molecule has 0 bridgehead atoms. The van der Waals surface area contributed by atoms with Crippen LogP contribution < -0.4 is 11.1 Å². The third-order valence-electron chi connectivity index (χ3n) is 1.11. The van der Waals surface area contributed by atoms with Crippen LogP contribution in [0.4, 0.5) is 0 Å². The molecule has 3 heteroatoms. The molecule has 0 saturated heterocycles. The van der Waals surface area contributed by atoms with Crippen LogP contribution in [0.5, 0.6) is 0 Å². The Hall–Kier alpha value is -0.830. The number of hydrogen-bond donors (Lipinski definition) is 2. The molecule has 78 valence electrons. The van der Waals surface area contributed by atoms with Crippen molar-refractivity contribution in [2.24, 2.45) is 10.7 Å². The molecule has 0 aliphatic heterocycles. The van der Waals surface area contributed by atoms with Crippen LogP contribution in [-0.2, 0) is 0 Å². The van der Waals surface area contributed by atoms with E-state index in [4.69, 9.17) is 5.73 Å². The molecule has 0 spiro atoms. The zero-order chi connectivity index (χ0) is 10.5. The van der Waals surface area contributed by atoms with Gasteiger partial charge in [-0.2, -0.15) is 0 Å². The molecular weight excluding hydrogens is 162 g/mol.